The van der Waals surface area contributed by atoms with E-state index >= 15 is 0 Å². The van der Waals surface area contributed by atoms with E-state index in [0.29, 0.717) is 6.54 Å². The van der Waals surface area contributed by atoms with E-state index in [4.69, 9.17) is 4.84 Å². The first-order chi connectivity index (χ1) is 8.70. The topological polar surface area (TPSA) is 70.7 Å². The molecule has 6 nitrogen and oxygen atoms in total. The van der Waals surface area contributed by atoms with Gasteiger partial charge in [0, 0.05) is 12.2 Å². The van der Waals surface area contributed by atoms with Crippen LogP contribution in [-0.2, 0) is 21.0 Å². The number of hydrogen-bond donors (Lipinski definition) is 2. The fourth-order valence-corrected chi connectivity index (χ4v) is 1.93. The lowest BCUT2D eigenvalue weighted by Crippen LogP contribution is -2.51. The summed E-state index contributed by atoms with van der Waals surface area (Å²) in [4.78, 5) is 29.3. The van der Waals surface area contributed by atoms with E-state index in [1.54, 1.807) is 12.0 Å². The summed E-state index contributed by atoms with van der Waals surface area (Å²) in [5, 5.41) is 2.28. The van der Waals surface area contributed by atoms with E-state index in [-0.39, 0.29) is 24.9 Å². The summed E-state index contributed by atoms with van der Waals surface area (Å²) in [7, 11) is 1.54. The fraction of sp³-hybridized carbons (Fsp3) is 0.333. The van der Waals surface area contributed by atoms with Crippen molar-refractivity contribution >= 4 is 17.5 Å². The number of benzene rings is 1. The highest BCUT2D eigenvalue weighted by atomic mass is 16.6. The van der Waals surface area contributed by atoms with E-state index in [9.17, 15) is 9.59 Å². The van der Waals surface area contributed by atoms with Gasteiger partial charge in [-0.3, -0.25) is 14.9 Å². The Kier molecular flexibility index (Phi) is 3.91. The van der Waals surface area contributed by atoms with Crippen molar-refractivity contribution in [3.63, 3.8) is 0 Å². The van der Waals surface area contributed by atoms with Gasteiger partial charge in [-0.1, -0.05) is 18.2 Å². The third-order valence-corrected chi connectivity index (χ3v) is 2.69. The number of carbonyl (C=O) groups excluding carboxylic acids is 2. The number of rotatable bonds is 4. The molecule has 1 heterocycles. The highest BCUT2D eigenvalue weighted by molar-refractivity contribution is 6.02. The van der Waals surface area contributed by atoms with E-state index in [1.165, 1.54) is 0 Å². The van der Waals surface area contributed by atoms with Crippen molar-refractivity contribution in [2.45, 2.75) is 6.54 Å². The van der Waals surface area contributed by atoms with Crippen molar-refractivity contribution in [3.05, 3.63) is 29.8 Å². The quantitative estimate of drug-likeness (QED) is 0.571. The molecule has 96 valence electrons. The van der Waals surface area contributed by atoms with Crippen LogP contribution in [0.5, 0.6) is 0 Å². The van der Waals surface area contributed by atoms with Gasteiger partial charge in [-0.05, 0) is 11.6 Å². The normalized spacial score (nSPS) is 15.7. The molecular weight excluding hydrogens is 234 g/mol. The van der Waals surface area contributed by atoms with Gasteiger partial charge < -0.3 is 9.74 Å². The molecule has 1 fully saturated rings. The second-order valence-corrected chi connectivity index (χ2v) is 3.98. The molecule has 2 N–H and O–H groups in total. The van der Waals surface area contributed by atoms with E-state index < -0.39 is 0 Å². The molecule has 1 aliphatic heterocycles. The fourth-order valence-electron chi connectivity index (χ4n) is 1.93. The summed E-state index contributed by atoms with van der Waals surface area (Å²) in [6, 6.07) is 7.60. The summed E-state index contributed by atoms with van der Waals surface area (Å²) in [6.45, 7) is 0.893. The molecule has 1 aliphatic rings. The van der Waals surface area contributed by atoms with Crippen molar-refractivity contribution in [2.75, 3.05) is 25.1 Å². The predicted molar refractivity (Wildman–Crippen MR) is 65.7 cm³/mol. The van der Waals surface area contributed by atoms with Crippen molar-refractivity contribution in [1.29, 1.82) is 0 Å². The van der Waals surface area contributed by atoms with E-state index in [2.05, 4.69) is 10.8 Å². The number of nitrogens with zero attached hydrogens (tertiary/aromatic N) is 1. The standard InChI is InChI=1S/C12H15N3O3/c1-18-13-6-9-4-2-3-5-10(9)15-7-11(16)14-12(17)8-15/h2-5,13H,6-8H2,1H3,(H,14,16,17). The number of hydroxylamine groups is 1. The summed E-state index contributed by atoms with van der Waals surface area (Å²) >= 11 is 0. The van der Waals surface area contributed by atoms with Crippen molar-refractivity contribution in [1.82, 2.24) is 10.8 Å². The summed E-state index contributed by atoms with van der Waals surface area (Å²) < 4.78 is 0. The summed E-state index contributed by atoms with van der Waals surface area (Å²) in [5.74, 6) is -0.554. The first kappa shape index (κ1) is 12.5. The molecule has 2 amide bonds. The number of carbonyl (C=O) groups is 2. The monoisotopic (exact) mass is 249 g/mol. The van der Waals surface area contributed by atoms with Gasteiger partial charge in [-0.2, -0.15) is 5.48 Å². The zero-order chi connectivity index (χ0) is 13.0. The second-order valence-electron chi connectivity index (χ2n) is 3.98. The number of imide groups is 1. The lowest BCUT2D eigenvalue weighted by atomic mass is 10.1. The van der Waals surface area contributed by atoms with Crippen LogP contribution in [0, 0.1) is 0 Å². The molecule has 2 rings (SSSR count). The summed E-state index contributed by atoms with van der Waals surface area (Å²) in [6.07, 6.45) is 0. The molecule has 18 heavy (non-hydrogen) atoms. The Morgan fingerprint density at radius 2 is 1.94 bits per heavy atom. The Morgan fingerprint density at radius 1 is 1.28 bits per heavy atom. The number of amides is 2. The Hall–Kier alpha value is -1.92. The van der Waals surface area contributed by atoms with Crippen LogP contribution in [-0.4, -0.2) is 32.0 Å². The number of anilines is 1. The minimum absolute atomic E-state index is 0.190. The molecule has 0 unspecified atom stereocenters. The van der Waals surface area contributed by atoms with Crippen molar-refractivity contribution in [2.24, 2.45) is 0 Å². The zero-order valence-electron chi connectivity index (χ0n) is 10.1. The van der Waals surface area contributed by atoms with Crippen LogP contribution in [0.25, 0.3) is 0 Å². The van der Waals surface area contributed by atoms with Gasteiger partial charge in [-0.15, -0.1) is 0 Å². The highest BCUT2D eigenvalue weighted by Gasteiger charge is 2.23. The number of hydrogen-bond acceptors (Lipinski definition) is 5. The van der Waals surface area contributed by atoms with Gasteiger partial charge >= 0.3 is 0 Å². The zero-order valence-corrected chi connectivity index (χ0v) is 10.1. The SMILES string of the molecule is CONCc1ccccc1N1CC(=O)NC(=O)C1. The van der Waals surface area contributed by atoms with Crippen molar-refractivity contribution < 1.29 is 14.4 Å². The smallest absolute Gasteiger partial charge is 0.246 e. The Labute approximate surface area is 105 Å². The average Bonchev–Trinajstić information content (AvgIpc) is 2.35. The molecular formula is C12H15N3O3. The Balaban J connectivity index is 2.20. The average molecular weight is 249 g/mol. The van der Waals surface area contributed by atoms with Crippen LogP contribution in [0.2, 0.25) is 0 Å². The van der Waals surface area contributed by atoms with Gasteiger partial charge in [0.05, 0.1) is 20.2 Å². The minimum Gasteiger partial charge on any atom is -0.353 e. The van der Waals surface area contributed by atoms with E-state index in [1.807, 2.05) is 24.3 Å². The molecule has 1 saturated heterocycles. The Bertz CT molecular complexity index is 446. The molecule has 0 bridgehead atoms. The molecule has 0 aliphatic carbocycles. The van der Waals surface area contributed by atoms with Crippen LogP contribution >= 0.6 is 0 Å². The third kappa shape index (κ3) is 2.85. The number of para-hydroxylation sites is 1. The molecule has 1 aromatic carbocycles. The molecule has 1 aromatic rings. The molecule has 0 aromatic heterocycles. The van der Waals surface area contributed by atoms with Gasteiger partial charge in [0.25, 0.3) is 0 Å². The lowest BCUT2D eigenvalue weighted by molar-refractivity contribution is -0.130. The van der Waals surface area contributed by atoms with Gasteiger partial charge in [-0.25, -0.2) is 0 Å². The minimum atomic E-state index is -0.277. The first-order valence-corrected chi connectivity index (χ1v) is 5.62. The van der Waals surface area contributed by atoms with Gasteiger partial charge in [0.2, 0.25) is 11.8 Å². The second kappa shape index (κ2) is 5.61. The van der Waals surface area contributed by atoms with Crippen LogP contribution < -0.4 is 15.7 Å². The first-order valence-electron chi connectivity index (χ1n) is 5.62. The molecule has 0 spiro atoms. The van der Waals surface area contributed by atoms with Crippen LogP contribution in [0.4, 0.5) is 5.69 Å². The van der Waals surface area contributed by atoms with Crippen LogP contribution in [0.3, 0.4) is 0 Å². The lowest BCUT2D eigenvalue weighted by Gasteiger charge is -2.29. The maximum atomic E-state index is 11.4. The maximum Gasteiger partial charge on any atom is 0.246 e. The number of piperazine rings is 1. The highest BCUT2D eigenvalue weighted by Crippen LogP contribution is 2.20. The maximum absolute atomic E-state index is 11.4. The molecule has 6 heteroatoms. The molecule has 0 atom stereocenters. The van der Waals surface area contributed by atoms with Crippen molar-refractivity contribution in [3.8, 4) is 0 Å². The van der Waals surface area contributed by atoms with E-state index in [0.717, 1.165) is 11.3 Å². The van der Waals surface area contributed by atoms with Gasteiger partial charge in [0.1, 0.15) is 0 Å². The number of nitrogens with one attached hydrogen (secondary N) is 2. The Morgan fingerprint density at radius 3 is 2.61 bits per heavy atom. The largest absolute Gasteiger partial charge is 0.353 e. The van der Waals surface area contributed by atoms with Gasteiger partial charge in [0.15, 0.2) is 0 Å². The van der Waals surface area contributed by atoms with Crippen LogP contribution in [0.15, 0.2) is 24.3 Å². The molecule has 0 radical (unpaired) electrons. The summed E-state index contributed by atoms with van der Waals surface area (Å²) in [5.41, 5.74) is 4.59. The predicted octanol–water partition coefficient (Wildman–Crippen LogP) is -0.200. The van der Waals surface area contributed by atoms with Crippen LogP contribution in [0.1, 0.15) is 5.56 Å². The molecule has 0 saturated carbocycles. The third-order valence-electron chi connectivity index (χ3n) is 2.69.